The van der Waals surface area contributed by atoms with Gasteiger partial charge in [0.25, 0.3) is 0 Å². The number of carbonyl (C=O) groups is 1. The minimum Gasteiger partial charge on any atom is -0.465 e. The molecule has 1 fully saturated rings. The monoisotopic (exact) mass is 235 g/mol. The SMILES string of the molecule is Cc1ccccc1[C@H]1CCN(C(=O)O)C[C@@H]1O. The lowest BCUT2D eigenvalue weighted by atomic mass is 9.85. The van der Waals surface area contributed by atoms with Gasteiger partial charge in [-0.25, -0.2) is 4.79 Å². The molecule has 1 aromatic rings. The van der Waals surface area contributed by atoms with Crippen LogP contribution in [-0.2, 0) is 0 Å². The Bertz CT molecular complexity index is 419. The Hall–Kier alpha value is -1.55. The number of piperidine rings is 1. The molecule has 2 atom stereocenters. The van der Waals surface area contributed by atoms with Crippen molar-refractivity contribution in [3.63, 3.8) is 0 Å². The number of carboxylic acid groups (broad SMARTS) is 1. The molecule has 92 valence electrons. The number of aryl methyl sites for hydroxylation is 1. The summed E-state index contributed by atoms with van der Waals surface area (Å²) in [5, 5.41) is 18.9. The summed E-state index contributed by atoms with van der Waals surface area (Å²) in [4.78, 5) is 12.1. The van der Waals surface area contributed by atoms with Crippen LogP contribution in [0.5, 0.6) is 0 Å². The third kappa shape index (κ3) is 2.42. The van der Waals surface area contributed by atoms with Crippen molar-refractivity contribution >= 4 is 6.09 Å². The van der Waals surface area contributed by atoms with Crippen molar-refractivity contribution in [2.45, 2.75) is 25.4 Å². The Morgan fingerprint density at radius 1 is 1.41 bits per heavy atom. The number of amides is 1. The zero-order valence-electron chi connectivity index (χ0n) is 9.84. The van der Waals surface area contributed by atoms with Crippen molar-refractivity contribution in [1.29, 1.82) is 0 Å². The fraction of sp³-hybridized carbons (Fsp3) is 0.462. The van der Waals surface area contributed by atoms with Gasteiger partial charge in [0, 0.05) is 12.5 Å². The van der Waals surface area contributed by atoms with E-state index in [-0.39, 0.29) is 12.5 Å². The van der Waals surface area contributed by atoms with Gasteiger partial charge in [-0.1, -0.05) is 24.3 Å². The zero-order chi connectivity index (χ0) is 12.4. The molecule has 1 saturated heterocycles. The molecule has 0 spiro atoms. The molecule has 1 heterocycles. The van der Waals surface area contributed by atoms with Gasteiger partial charge < -0.3 is 15.1 Å². The smallest absolute Gasteiger partial charge is 0.407 e. The second-order valence-corrected chi connectivity index (χ2v) is 4.55. The lowest BCUT2D eigenvalue weighted by molar-refractivity contribution is 0.0502. The Balaban J connectivity index is 2.15. The first-order valence-corrected chi connectivity index (χ1v) is 5.81. The van der Waals surface area contributed by atoms with Crippen LogP contribution in [0.4, 0.5) is 4.79 Å². The van der Waals surface area contributed by atoms with Crippen LogP contribution >= 0.6 is 0 Å². The molecule has 1 aliphatic heterocycles. The lowest BCUT2D eigenvalue weighted by Crippen LogP contribution is -2.45. The van der Waals surface area contributed by atoms with Crippen LogP contribution in [-0.4, -0.2) is 40.4 Å². The summed E-state index contributed by atoms with van der Waals surface area (Å²) < 4.78 is 0. The van der Waals surface area contributed by atoms with E-state index in [1.54, 1.807) is 0 Å². The Labute approximate surface area is 100 Å². The fourth-order valence-corrected chi connectivity index (χ4v) is 2.47. The zero-order valence-corrected chi connectivity index (χ0v) is 9.84. The van der Waals surface area contributed by atoms with Gasteiger partial charge in [-0.2, -0.15) is 0 Å². The first kappa shape index (κ1) is 11.9. The van der Waals surface area contributed by atoms with E-state index in [9.17, 15) is 9.90 Å². The molecular weight excluding hydrogens is 218 g/mol. The van der Waals surface area contributed by atoms with Crippen molar-refractivity contribution in [3.8, 4) is 0 Å². The number of aliphatic hydroxyl groups is 1. The molecule has 1 aliphatic rings. The Kier molecular flexibility index (Phi) is 3.33. The van der Waals surface area contributed by atoms with Crippen LogP contribution in [0.25, 0.3) is 0 Å². The summed E-state index contributed by atoms with van der Waals surface area (Å²) in [6, 6.07) is 7.96. The van der Waals surface area contributed by atoms with Gasteiger partial charge >= 0.3 is 6.09 Å². The van der Waals surface area contributed by atoms with E-state index in [2.05, 4.69) is 0 Å². The fourth-order valence-electron chi connectivity index (χ4n) is 2.47. The minimum absolute atomic E-state index is 0.0480. The molecule has 0 radical (unpaired) electrons. The highest BCUT2D eigenvalue weighted by molar-refractivity contribution is 5.65. The Morgan fingerprint density at radius 3 is 2.71 bits per heavy atom. The predicted octanol–water partition coefficient (Wildman–Crippen LogP) is 1.82. The van der Waals surface area contributed by atoms with E-state index in [1.165, 1.54) is 4.90 Å². The van der Waals surface area contributed by atoms with Crippen molar-refractivity contribution < 1.29 is 15.0 Å². The molecule has 0 saturated carbocycles. The molecule has 0 bridgehead atoms. The number of aliphatic hydroxyl groups excluding tert-OH is 1. The largest absolute Gasteiger partial charge is 0.465 e. The summed E-state index contributed by atoms with van der Waals surface area (Å²) in [7, 11) is 0. The van der Waals surface area contributed by atoms with Crippen LogP contribution in [0, 0.1) is 6.92 Å². The van der Waals surface area contributed by atoms with E-state index in [4.69, 9.17) is 5.11 Å². The van der Waals surface area contributed by atoms with Gasteiger partial charge in [-0.05, 0) is 24.5 Å². The molecule has 4 nitrogen and oxygen atoms in total. The third-order valence-electron chi connectivity index (χ3n) is 3.44. The standard InChI is InChI=1S/C13H17NO3/c1-9-4-2-3-5-10(9)11-6-7-14(13(16)17)8-12(11)15/h2-5,11-12,15H,6-8H2,1H3,(H,16,17)/t11-,12+/m1/s1. The quantitative estimate of drug-likeness (QED) is 0.780. The first-order valence-electron chi connectivity index (χ1n) is 5.81. The maximum atomic E-state index is 10.8. The van der Waals surface area contributed by atoms with Crippen LogP contribution in [0.15, 0.2) is 24.3 Å². The van der Waals surface area contributed by atoms with Gasteiger partial charge in [-0.3, -0.25) is 0 Å². The van der Waals surface area contributed by atoms with Crippen molar-refractivity contribution in [2.24, 2.45) is 0 Å². The van der Waals surface area contributed by atoms with Gasteiger partial charge in [0.15, 0.2) is 0 Å². The summed E-state index contributed by atoms with van der Waals surface area (Å²) in [5.41, 5.74) is 2.28. The highest BCUT2D eigenvalue weighted by atomic mass is 16.4. The molecular formula is C13H17NO3. The number of nitrogens with zero attached hydrogens (tertiary/aromatic N) is 1. The number of rotatable bonds is 1. The normalized spacial score (nSPS) is 24.7. The average molecular weight is 235 g/mol. The van der Waals surface area contributed by atoms with Gasteiger partial charge in [0.2, 0.25) is 0 Å². The average Bonchev–Trinajstić information content (AvgIpc) is 2.30. The first-order chi connectivity index (χ1) is 8.09. The molecule has 1 aromatic carbocycles. The highest BCUT2D eigenvalue weighted by Gasteiger charge is 2.31. The number of hydrogen-bond donors (Lipinski definition) is 2. The van der Waals surface area contributed by atoms with E-state index in [0.717, 1.165) is 11.1 Å². The molecule has 4 heteroatoms. The van der Waals surface area contributed by atoms with E-state index < -0.39 is 12.2 Å². The predicted molar refractivity (Wildman–Crippen MR) is 64.1 cm³/mol. The van der Waals surface area contributed by atoms with E-state index in [1.807, 2.05) is 31.2 Å². The van der Waals surface area contributed by atoms with Crippen molar-refractivity contribution in [1.82, 2.24) is 4.90 Å². The number of likely N-dealkylation sites (tertiary alicyclic amines) is 1. The van der Waals surface area contributed by atoms with Gasteiger partial charge in [-0.15, -0.1) is 0 Å². The maximum absolute atomic E-state index is 10.8. The number of benzene rings is 1. The van der Waals surface area contributed by atoms with Crippen molar-refractivity contribution in [2.75, 3.05) is 13.1 Å². The maximum Gasteiger partial charge on any atom is 0.407 e. The minimum atomic E-state index is -0.952. The second-order valence-electron chi connectivity index (χ2n) is 4.55. The topological polar surface area (TPSA) is 60.8 Å². The van der Waals surface area contributed by atoms with Crippen LogP contribution in [0.2, 0.25) is 0 Å². The van der Waals surface area contributed by atoms with Crippen LogP contribution in [0.1, 0.15) is 23.5 Å². The Morgan fingerprint density at radius 2 is 2.12 bits per heavy atom. The highest BCUT2D eigenvalue weighted by Crippen LogP contribution is 2.30. The number of hydrogen-bond acceptors (Lipinski definition) is 2. The lowest BCUT2D eigenvalue weighted by Gasteiger charge is -2.35. The van der Waals surface area contributed by atoms with Crippen LogP contribution < -0.4 is 0 Å². The summed E-state index contributed by atoms with van der Waals surface area (Å²) in [5.74, 6) is 0.0480. The molecule has 1 amide bonds. The third-order valence-corrected chi connectivity index (χ3v) is 3.44. The van der Waals surface area contributed by atoms with E-state index >= 15 is 0 Å². The van der Waals surface area contributed by atoms with Crippen molar-refractivity contribution in [3.05, 3.63) is 35.4 Å². The number of β-amino-alcohol motifs (C(OH)–C–C–N with tert-alkyl or cyclic N) is 1. The summed E-state index contributed by atoms with van der Waals surface area (Å²) >= 11 is 0. The molecule has 0 aliphatic carbocycles. The summed E-state index contributed by atoms with van der Waals surface area (Å²) in [6.45, 7) is 2.71. The molecule has 2 N–H and O–H groups in total. The molecule has 0 unspecified atom stereocenters. The molecule has 2 rings (SSSR count). The van der Waals surface area contributed by atoms with Gasteiger partial charge in [0.05, 0.1) is 12.6 Å². The molecule has 17 heavy (non-hydrogen) atoms. The van der Waals surface area contributed by atoms with Crippen LogP contribution in [0.3, 0.4) is 0 Å². The second kappa shape index (κ2) is 4.75. The molecule has 0 aromatic heterocycles. The van der Waals surface area contributed by atoms with E-state index in [0.29, 0.717) is 13.0 Å². The van der Waals surface area contributed by atoms with Gasteiger partial charge in [0.1, 0.15) is 0 Å². The summed E-state index contributed by atoms with van der Waals surface area (Å²) in [6.07, 6.45) is -0.883.